The SMILES string of the molecule is C=CCOC([C@H](C)C(=C)CC)[C@@H](C)C(=C)CC. The van der Waals surface area contributed by atoms with Gasteiger partial charge in [0.1, 0.15) is 0 Å². The van der Waals surface area contributed by atoms with Crippen molar-refractivity contribution in [3.63, 3.8) is 0 Å². The predicted octanol–water partition coefficient (Wildman–Crippen LogP) is 4.76. The van der Waals surface area contributed by atoms with Crippen LogP contribution in [0.4, 0.5) is 0 Å². The van der Waals surface area contributed by atoms with Crippen LogP contribution in [-0.2, 0) is 4.74 Å². The molecule has 0 heterocycles. The lowest BCUT2D eigenvalue weighted by Gasteiger charge is -2.31. The van der Waals surface area contributed by atoms with Gasteiger partial charge < -0.3 is 4.74 Å². The molecule has 0 fully saturated rings. The lowest BCUT2D eigenvalue weighted by Crippen LogP contribution is -2.31. The molecule has 0 rings (SSSR count). The van der Waals surface area contributed by atoms with E-state index in [1.165, 1.54) is 11.1 Å². The Morgan fingerprint density at radius 1 is 1.06 bits per heavy atom. The van der Waals surface area contributed by atoms with Crippen LogP contribution in [0.1, 0.15) is 40.5 Å². The normalized spacial score (nSPS) is 16.0. The molecule has 0 N–H and O–H groups in total. The molecule has 0 radical (unpaired) electrons. The van der Waals surface area contributed by atoms with Crippen molar-refractivity contribution in [2.24, 2.45) is 11.8 Å². The molecule has 0 aromatic carbocycles. The van der Waals surface area contributed by atoms with Gasteiger partial charge >= 0.3 is 0 Å². The lowest BCUT2D eigenvalue weighted by molar-refractivity contribution is 0.0165. The second-order valence-electron chi connectivity index (χ2n) is 4.69. The summed E-state index contributed by atoms with van der Waals surface area (Å²) in [5, 5.41) is 0. The van der Waals surface area contributed by atoms with Crippen LogP contribution in [0.25, 0.3) is 0 Å². The van der Waals surface area contributed by atoms with Crippen molar-refractivity contribution < 1.29 is 4.74 Å². The Labute approximate surface area is 107 Å². The molecule has 1 heteroatoms. The van der Waals surface area contributed by atoms with Gasteiger partial charge in [-0.3, -0.25) is 0 Å². The standard InChI is InChI=1S/C16H28O/c1-8-11-17-16(14(6)12(4)9-2)15(7)13(5)10-3/h8,14-16H,1,4-5,9-11H2,2-3,6-7H3/t14-,15+,16?. The van der Waals surface area contributed by atoms with Crippen LogP contribution >= 0.6 is 0 Å². The monoisotopic (exact) mass is 236 g/mol. The molecular formula is C16H28O. The predicted molar refractivity (Wildman–Crippen MR) is 77.1 cm³/mol. The first-order valence-electron chi connectivity index (χ1n) is 6.57. The molecule has 98 valence electrons. The Hall–Kier alpha value is -0.820. The van der Waals surface area contributed by atoms with E-state index in [-0.39, 0.29) is 6.10 Å². The third kappa shape index (κ3) is 4.91. The Kier molecular flexibility index (Phi) is 7.90. The zero-order chi connectivity index (χ0) is 13.4. The average molecular weight is 236 g/mol. The maximum absolute atomic E-state index is 5.92. The highest BCUT2D eigenvalue weighted by atomic mass is 16.5. The third-order valence-electron chi connectivity index (χ3n) is 3.59. The molecule has 0 spiro atoms. The number of hydrogen-bond donors (Lipinski definition) is 0. The topological polar surface area (TPSA) is 9.23 Å². The first-order valence-corrected chi connectivity index (χ1v) is 6.57. The Bertz CT molecular complexity index is 243. The van der Waals surface area contributed by atoms with Crippen molar-refractivity contribution in [3.05, 3.63) is 37.0 Å². The quantitative estimate of drug-likeness (QED) is 0.524. The fraction of sp³-hybridized carbons (Fsp3) is 0.625. The number of hydrogen-bond acceptors (Lipinski definition) is 1. The summed E-state index contributed by atoms with van der Waals surface area (Å²) in [5.41, 5.74) is 2.49. The minimum Gasteiger partial charge on any atom is -0.373 e. The molecule has 0 aromatic rings. The van der Waals surface area contributed by atoms with E-state index in [2.05, 4.69) is 47.4 Å². The molecule has 0 saturated heterocycles. The van der Waals surface area contributed by atoms with E-state index in [9.17, 15) is 0 Å². The largest absolute Gasteiger partial charge is 0.373 e. The fourth-order valence-corrected chi connectivity index (χ4v) is 2.01. The van der Waals surface area contributed by atoms with E-state index in [1.807, 2.05) is 0 Å². The third-order valence-corrected chi connectivity index (χ3v) is 3.59. The summed E-state index contributed by atoms with van der Waals surface area (Å²) in [5.74, 6) is 0.719. The van der Waals surface area contributed by atoms with Gasteiger partial charge in [0.25, 0.3) is 0 Å². The summed E-state index contributed by atoms with van der Waals surface area (Å²) in [4.78, 5) is 0. The van der Waals surface area contributed by atoms with Gasteiger partial charge in [-0.25, -0.2) is 0 Å². The van der Waals surface area contributed by atoms with Crippen LogP contribution in [0.2, 0.25) is 0 Å². The van der Waals surface area contributed by atoms with E-state index < -0.39 is 0 Å². The van der Waals surface area contributed by atoms with E-state index in [4.69, 9.17) is 4.74 Å². The van der Waals surface area contributed by atoms with Crippen molar-refractivity contribution in [1.82, 2.24) is 0 Å². The second-order valence-corrected chi connectivity index (χ2v) is 4.69. The van der Waals surface area contributed by atoms with E-state index in [0.717, 1.165) is 12.8 Å². The molecule has 0 aliphatic heterocycles. The summed E-state index contributed by atoms with van der Waals surface area (Å²) in [6, 6.07) is 0. The highest BCUT2D eigenvalue weighted by Crippen LogP contribution is 2.29. The van der Waals surface area contributed by atoms with Gasteiger partial charge in [0.15, 0.2) is 0 Å². The summed E-state index contributed by atoms with van der Waals surface area (Å²) in [6.45, 7) is 21.2. The van der Waals surface area contributed by atoms with Crippen LogP contribution in [-0.4, -0.2) is 12.7 Å². The van der Waals surface area contributed by atoms with Gasteiger partial charge in [0, 0.05) is 11.8 Å². The molecule has 17 heavy (non-hydrogen) atoms. The van der Waals surface area contributed by atoms with Gasteiger partial charge in [-0.2, -0.15) is 0 Å². The van der Waals surface area contributed by atoms with Crippen molar-refractivity contribution >= 4 is 0 Å². The minimum absolute atomic E-state index is 0.160. The number of rotatable bonds is 9. The lowest BCUT2D eigenvalue weighted by atomic mass is 9.83. The van der Waals surface area contributed by atoms with Crippen molar-refractivity contribution in [2.75, 3.05) is 6.61 Å². The maximum atomic E-state index is 5.92. The van der Waals surface area contributed by atoms with Crippen LogP contribution in [0, 0.1) is 11.8 Å². The van der Waals surface area contributed by atoms with Gasteiger partial charge in [-0.05, 0) is 12.8 Å². The summed E-state index contributed by atoms with van der Waals surface area (Å²) in [6.07, 6.45) is 3.96. The Balaban J connectivity index is 4.78. The zero-order valence-electron chi connectivity index (χ0n) is 12.0. The fourth-order valence-electron chi connectivity index (χ4n) is 2.01. The van der Waals surface area contributed by atoms with Crippen molar-refractivity contribution in [2.45, 2.75) is 46.6 Å². The van der Waals surface area contributed by atoms with Gasteiger partial charge in [0.2, 0.25) is 0 Å². The van der Waals surface area contributed by atoms with Crippen LogP contribution in [0.3, 0.4) is 0 Å². The van der Waals surface area contributed by atoms with Crippen LogP contribution in [0.5, 0.6) is 0 Å². The zero-order valence-corrected chi connectivity index (χ0v) is 12.0. The Morgan fingerprint density at radius 3 is 1.76 bits per heavy atom. The Morgan fingerprint density at radius 2 is 1.47 bits per heavy atom. The summed E-state index contributed by atoms with van der Waals surface area (Å²) >= 11 is 0. The van der Waals surface area contributed by atoms with Crippen LogP contribution in [0.15, 0.2) is 37.0 Å². The van der Waals surface area contributed by atoms with E-state index >= 15 is 0 Å². The molecule has 0 bridgehead atoms. The van der Waals surface area contributed by atoms with Gasteiger partial charge in [-0.15, -0.1) is 6.58 Å². The molecule has 0 aliphatic rings. The average Bonchev–Trinajstić information content (AvgIpc) is 2.36. The minimum atomic E-state index is 0.160. The highest BCUT2D eigenvalue weighted by molar-refractivity contribution is 5.08. The molecule has 0 saturated carbocycles. The van der Waals surface area contributed by atoms with Gasteiger partial charge in [0.05, 0.1) is 12.7 Å². The van der Waals surface area contributed by atoms with E-state index in [0.29, 0.717) is 18.4 Å². The van der Waals surface area contributed by atoms with E-state index in [1.54, 1.807) is 6.08 Å². The summed E-state index contributed by atoms with van der Waals surface area (Å²) < 4.78 is 5.92. The first-order chi connectivity index (χ1) is 7.99. The maximum Gasteiger partial charge on any atom is 0.0704 e. The van der Waals surface area contributed by atoms with Crippen molar-refractivity contribution in [1.29, 1.82) is 0 Å². The van der Waals surface area contributed by atoms with Gasteiger partial charge in [-0.1, -0.05) is 58.1 Å². The second kappa shape index (κ2) is 8.30. The number of ether oxygens (including phenoxy) is 1. The smallest absolute Gasteiger partial charge is 0.0704 e. The first kappa shape index (κ1) is 16.2. The summed E-state index contributed by atoms with van der Waals surface area (Å²) in [7, 11) is 0. The highest BCUT2D eigenvalue weighted by Gasteiger charge is 2.26. The van der Waals surface area contributed by atoms with Crippen LogP contribution < -0.4 is 0 Å². The molecule has 0 amide bonds. The molecule has 1 nitrogen and oxygen atoms in total. The van der Waals surface area contributed by atoms with Crippen molar-refractivity contribution in [3.8, 4) is 0 Å². The molecule has 1 unspecified atom stereocenters. The molecule has 3 atom stereocenters. The molecular weight excluding hydrogens is 208 g/mol. The molecule has 0 aliphatic carbocycles. The molecule has 0 aromatic heterocycles.